The maximum absolute atomic E-state index is 13.3. The Balaban J connectivity index is 1.70. The summed E-state index contributed by atoms with van der Waals surface area (Å²) in [6.45, 7) is 0.134. The molecule has 0 aliphatic rings. The molecular weight excluding hydrogens is 344 g/mol. The largest absolute Gasteiger partial charge is 0.346 e. The second kappa shape index (κ2) is 6.03. The number of benzene rings is 2. The van der Waals surface area contributed by atoms with Gasteiger partial charge in [0.1, 0.15) is 11.6 Å². The molecule has 0 aliphatic carbocycles. The number of carbonyl (C=O) groups is 1. The molecule has 0 radical (unpaired) electrons. The Morgan fingerprint density at radius 1 is 1.12 bits per heavy atom. The predicted octanol–water partition coefficient (Wildman–Crippen LogP) is 1.78. The average molecular weight is 355 g/mol. The summed E-state index contributed by atoms with van der Waals surface area (Å²) in [5.74, 6) is -1.49. The minimum absolute atomic E-state index is 0.0410. The Labute approximate surface area is 144 Å². The number of aromatic amines is 1. The first-order valence-electron chi connectivity index (χ1n) is 7.62. The molecule has 2 heterocycles. The van der Waals surface area contributed by atoms with E-state index in [1.807, 2.05) is 0 Å². The molecule has 130 valence electrons. The number of halogens is 2. The second-order valence-corrected chi connectivity index (χ2v) is 5.62. The highest BCUT2D eigenvalue weighted by Gasteiger charge is 2.19. The van der Waals surface area contributed by atoms with Crippen molar-refractivity contribution in [3.63, 3.8) is 0 Å². The zero-order chi connectivity index (χ0) is 18.3. The second-order valence-electron chi connectivity index (χ2n) is 5.62. The van der Waals surface area contributed by atoms with Crippen molar-refractivity contribution in [3.8, 4) is 0 Å². The molecule has 0 atom stereocenters. The molecule has 0 aliphatic heterocycles. The van der Waals surface area contributed by atoms with Gasteiger partial charge in [-0.1, -0.05) is 17.3 Å². The van der Waals surface area contributed by atoms with Crippen molar-refractivity contribution in [2.24, 2.45) is 0 Å². The fourth-order valence-corrected chi connectivity index (χ4v) is 2.65. The first-order valence-corrected chi connectivity index (χ1v) is 7.62. The van der Waals surface area contributed by atoms with E-state index < -0.39 is 17.3 Å². The van der Waals surface area contributed by atoms with Gasteiger partial charge in [-0.05, 0) is 35.9 Å². The van der Waals surface area contributed by atoms with Gasteiger partial charge in [0.15, 0.2) is 11.2 Å². The summed E-state index contributed by atoms with van der Waals surface area (Å²) in [7, 11) is 0. The summed E-state index contributed by atoms with van der Waals surface area (Å²) in [5.41, 5.74) is 0.531. The molecule has 0 saturated heterocycles. The number of carbonyl (C=O) groups excluding carboxylic acids is 1. The number of aromatic nitrogens is 4. The molecule has 0 unspecified atom stereocenters. The van der Waals surface area contributed by atoms with Gasteiger partial charge in [0.25, 0.3) is 11.5 Å². The Kier molecular flexibility index (Phi) is 3.68. The van der Waals surface area contributed by atoms with E-state index in [0.29, 0.717) is 11.1 Å². The van der Waals surface area contributed by atoms with Crippen LogP contribution in [0.2, 0.25) is 0 Å². The molecule has 4 rings (SSSR count). The lowest BCUT2D eigenvalue weighted by Gasteiger charge is -2.04. The summed E-state index contributed by atoms with van der Waals surface area (Å²) in [4.78, 5) is 27.2. The van der Waals surface area contributed by atoms with Crippen LogP contribution in [0.3, 0.4) is 0 Å². The lowest BCUT2D eigenvalue weighted by Crippen LogP contribution is -2.25. The van der Waals surface area contributed by atoms with Gasteiger partial charge in [-0.25, -0.2) is 13.3 Å². The normalized spacial score (nSPS) is 11.2. The standard InChI is InChI=1S/C17H11F2N5O2/c18-10-3-1-9(2-4-10)8-20-16(25)14-15-17(26)21-12-7-11(19)5-6-13(12)24(15)23-22-14/h1-7H,8H2,(H,20,25)(H,21,26). The molecule has 0 saturated carbocycles. The molecule has 26 heavy (non-hydrogen) atoms. The van der Waals surface area contributed by atoms with Gasteiger partial charge in [-0.15, -0.1) is 5.10 Å². The molecular formula is C17H11F2N5O2. The van der Waals surface area contributed by atoms with Crippen LogP contribution in [-0.2, 0) is 6.54 Å². The number of amides is 1. The maximum atomic E-state index is 13.3. The zero-order valence-electron chi connectivity index (χ0n) is 13.2. The fraction of sp³-hybridized carbons (Fsp3) is 0.0588. The SMILES string of the molecule is O=C(NCc1ccc(F)cc1)c1nnn2c1c(=O)[nH]c1cc(F)ccc12. The first kappa shape index (κ1) is 15.9. The Morgan fingerprint density at radius 3 is 2.62 bits per heavy atom. The lowest BCUT2D eigenvalue weighted by atomic mass is 10.2. The van der Waals surface area contributed by atoms with Crippen molar-refractivity contribution in [1.82, 2.24) is 25.1 Å². The molecule has 9 heteroatoms. The number of hydrogen-bond acceptors (Lipinski definition) is 4. The van der Waals surface area contributed by atoms with Crippen LogP contribution in [0.5, 0.6) is 0 Å². The van der Waals surface area contributed by atoms with Gasteiger partial charge in [0, 0.05) is 6.54 Å². The van der Waals surface area contributed by atoms with Crippen molar-refractivity contribution in [2.75, 3.05) is 0 Å². The van der Waals surface area contributed by atoms with Crippen LogP contribution in [0.1, 0.15) is 16.1 Å². The minimum atomic E-state index is -0.611. The van der Waals surface area contributed by atoms with Crippen LogP contribution >= 0.6 is 0 Å². The van der Waals surface area contributed by atoms with Crippen LogP contribution < -0.4 is 10.9 Å². The number of nitrogens with zero attached hydrogens (tertiary/aromatic N) is 3. The van der Waals surface area contributed by atoms with Crippen molar-refractivity contribution >= 4 is 22.5 Å². The summed E-state index contributed by atoms with van der Waals surface area (Å²) >= 11 is 0. The van der Waals surface area contributed by atoms with Crippen LogP contribution in [0.25, 0.3) is 16.6 Å². The van der Waals surface area contributed by atoms with Crippen molar-refractivity contribution in [1.29, 1.82) is 0 Å². The van der Waals surface area contributed by atoms with Gasteiger partial charge < -0.3 is 10.3 Å². The third kappa shape index (κ3) is 2.69. The van der Waals surface area contributed by atoms with Crippen LogP contribution in [0.4, 0.5) is 8.78 Å². The number of hydrogen-bond donors (Lipinski definition) is 2. The summed E-state index contributed by atoms with van der Waals surface area (Å²) in [6, 6.07) is 9.45. The van der Waals surface area contributed by atoms with Gasteiger partial charge in [0.2, 0.25) is 0 Å². The van der Waals surface area contributed by atoms with Gasteiger partial charge in [0.05, 0.1) is 11.0 Å². The van der Waals surface area contributed by atoms with E-state index >= 15 is 0 Å². The van der Waals surface area contributed by atoms with E-state index in [0.717, 1.165) is 6.07 Å². The number of H-pyrrole nitrogens is 1. The maximum Gasteiger partial charge on any atom is 0.277 e. The minimum Gasteiger partial charge on any atom is -0.346 e. The molecule has 1 amide bonds. The molecule has 0 fully saturated rings. The smallest absolute Gasteiger partial charge is 0.277 e. The Bertz CT molecular complexity index is 1200. The van der Waals surface area contributed by atoms with E-state index in [-0.39, 0.29) is 29.1 Å². The third-order valence-corrected chi connectivity index (χ3v) is 3.90. The van der Waals surface area contributed by atoms with Crippen LogP contribution in [-0.4, -0.2) is 25.7 Å². The number of nitrogens with one attached hydrogen (secondary N) is 2. The van der Waals surface area contributed by atoms with E-state index in [1.165, 1.54) is 40.9 Å². The zero-order valence-corrected chi connectivity index (χ0v) is 13.2. The number of fused-ring (bicyclic) bond motifs is 3. The lowest BCUT2D eigenvalue weighted by molar-refractivity contribution is 0.0947. The van der Waals surface area contributed by atoms with E-state index in [9.17, 15) is 18.4 Å². The van der Waals surface area contributed by atoms with Crippen LogP contribution in [0.15, 0.2) is 47.3 Å². The monoisotopic (exact) mass is 355 g/mol. The average Bonchev–Trinajstić information content (AvgIpc) is 3.07. The van der Waals surface area contributed by atoms with Crippen LogP contribution in [0, 0.1) is 11.6 Å². The Hall–Kier alpha value is -3.62. The molecule has 0 spiro atoms. The first-order chi connectivity index (χ1) is 12.5. The third-order valence-electron chi connectivity index (χ3n) is 3.90. The molecule has 7 nitrogen and oxygen atoms in total. The van der Waals surface area contributed by atoms with E-state index in [4.69, 9.17) is 0 Å². The molecule has 2 aromatic heterocycles. The van der Waals surface area contributed by atoms with Gasteiger partial charge >= 0.3 is 0 Å². The Morgan fingerprint density at radius 2 is 1.85 bits per heavy atom. The topological polar surface area (TPSA) is 92.2 Å². The highest BCUT2D eigenvalue weighted by Crippen LogP contribution is 2.14. The van der Waals surface area contributed by atoms with E-state index in [1.54, 1.807) is 0 Å². The quantitative estimate of drug-likeness (QED) is 0.586. The molecule has 4 aromatic rings. The van der Waals surface area contributed by atoms with Crippen molar-refractivity contribution < 1.29 is 13.6 Å². The predicted molar refractivity (Wildman–Crippen MR) is 88.6 cm³/mol. The molecule has 2 N–H and O–H groups in total. The fourth-order valence-electron chi connectivity index (χ4n) is 2.65. The van der Waals surface area contributed by atoms with E-state index in [2.05, 4.69) is 20.6 Å². The summed E-state index contributed by atoms with van der Waals surface area (Å²) in [6.07, 6.45) is 0. The summed E-state index contributed by atoms with van der Waals surface area (Å²) < 4.78 is 27.4. The summed E-state index contributed by atoms with van der Waals surface area (Å²) in [5, 5.41) is 10.2. The van der Waals surface area contributed by atoms with Crippen molar-refractivity contribution in [2.45, 2.75) is 6.54 Å². The van der Waals surface area contributed by atoms with Gasteiger partial charge in [-0.2, -0.15) is 0 Å². The van der Waals surface area contributed by atoms with Crippen molar-refractivity contribution in [3.05, 3.63) is 75.7 Å². The highest BCUT2D eigenvalue weighted by atomic mass is 19.1. The van der Waals surface area contributed by atoms with Gasteiger partial charge in [-0.3, -0.25) is 9.59 Å². The number of rotatable bonds is 3. The highest BCUT2D eigenvalue weighted by molar-refractivity contribution is 5.99. The molecule has 0 bridgehead atoms. The molecule has 2 aromatic carbocycles.